The van der Waals surface area contributed by atoms with Crippen molar-refractivity contribution in [1.29, 1.82) is 0 Å². The van der Waals surface area contributed by atoms with Crippen LogP contribution in [0.2, 0.25) is 0 Å². The highest BCUT2D eigenvalue weighted by atomic mass is 16.5. The Bertz CT molecular complexity index is 788. The number of aromatic nitrogens is 3. The molecule has 0 spiro atoms. The van der Waals surface area contributed by atoms with E-state index in [4.69, 9.17) is 4.52 Å². The van der Waals surface area contributed by atoms with Gasteiger partial charge < -0.3 is 14.7 Å². The van der Waals surface area contributed by atoms with Crippen LogP contribution in [0.1, 0.15) is 22.7 Å². The summed E-state index contributed by atoms with van der Waals surface area (Å²) in [5.41, 5.74) is 2.72. The highest BCUT2D eigenvalue weighted by molar-refractivity contribution is 5.97. The van der Waals surface area contributed by atoms with Crippen molar-refractivity contribution in [3.8, 4) is 0 Å². The van der Waals surface area contributed by atoms with Crippen LogP contribution in [0.25, 0.3) is 6.08 Å². The van der Waals surface area contributed by atoms with E-state index in [-0.39, 0.29) is 18.4 Å². The SMILES string of the molecule is Cc1cc(NC(=O)CN(C)C(=O)/C=C/c2c(C)nn(C)c2C)no1. The summed E-state index contributed by atoms with van der Waals surface area (Å²) in [5, 5.41) is 10.5. The molecule has 2 rings (SSSR count). The molecule has 8 heteroatoms. The molecule has 2 aromatic rings. The summed E-state index contributed by atoms with van der Waals surface area (Å²) in [4.78, 5) is 25.4. The summed E-state index contributed by atoms with van der Waals surface area (Å²) < 4.78 is 6.63. The maximum Gasteiger partial charge on any atom is 0.246 e. The van der Waals surface area contributed by atoms with Gasteiger partial charge in [-0.3, -0.25) is 14.3 Å². The normalized spacial score (nSPS) is 11.0. The van der Waals surface area contributed by atoms with E-state index in [1.165, 1.54) is 11.0 Å². The Kier molecular flexibility index (Phi) is 5.18. The van der Waals surface area contributed by atoms with Crippen LogP contribution < -0.4 is 5.32 Å². The number of hydrogen-bond donors (Lipinski definition) is 1. The second-order valence-corrected chi connectivity index (χ2v) is 5.61. The fraction of sp³-hybridized carbons (Fsp3) is 0.375. The van der Waals surface area contributed by atoms with Gasteiger partial charge in [0.2, 0.25) is 11.8 Å². The molecular formula is C16H21N5O3. The molecule has 8 nitrogen and oxygen atoms in total. The van der Waals surface area contributed by atoms with E-state index in [0.29, 0.717) is 11.6 Å². The van der Waals surface area contributed by atoms with E-state index < -0.39 is 0 Å². The van der Waals surface area contributed by atoms with Crippen molar-refractivity contribution in [2.45, 2.75) is 20.8 Å². The highest BCUT2D eigenvalue weighted by Crippen LogP contribution is 2.13. The van der Waals surface area contributed by atoms with Crippen molar-refractivity contribution >= 4 is 23.7 Å². The number of likely N-dealkylation sites (N-methyl/N-ethyl adjacent to an activating group) is 1. The van der Waals surface area contributed by atoms with Gasteiger partial charge in [-0.1, -0.05) is 5.16 Å². The first-order valence-electron chi connectivity index (χ1n) is 7.44. The zero-order chi connectivity index (χ0) is 17.9. The molecule has 1 N–H and O–H groups in total. The molecule has 0 saturated heterocycles. The lowest BCUT2D eigenvalue weighted by Crippen LogP contribution is -2.33. The number of hydrogen-bond acceptors (Lipinski definition) is 5. The van der Waals surface area contributed by atoms with Gasteiger partial charge >= 0.3 is 0 Å². The summed E-state index contributed by atoms with van der Waals surface area (Å²) in [6, 6.07) is 1.60. The molecule has 24 heavy (non-hydrogen) atoms. The Labute approximate surface area is 140 Å². The fourth-order valence-electron chi connectivity index (χ4n) is 2.21. The lowest BCUT2D eigenvalue weighted by molar-refractivity contribution is -0.129. The molecule has 0 saturated carbocycles. The van der Waals surface area contributed by atoms with E-state index in [2.05, 4.69) is 15.6 Å². The summed E-state index contributed by atoms with van der Waals surface area (Å²) in [6.07, 6.45) is 3.15. The van der Waals surface area contributed by atoms with Crippen LogP contribution in [0.3, 0.4) is 0 Å². The molecule has 0 aliphatic heterocycles. The van der Waals surface area contributed by atoms with Gasteiger partial charge in [0.1, 0.15) is 5.76 Å². The molecule has 128 valence electrons. The Balaban J connectivity index is 1.94. The van der Waals surface area contributed by atoms with E-state index in [1.54, 1.807) is 30.8 Å². The minimum absolute atomic E-state index is 0.0832. The fourth-order valence-corrected chi connectivity index (χ4v) is 2.21. The first kappa shape index (κ1) is 17.5. The van der Waals surface area contributed by atoms with Crippen molar-refractivity contribution in [1.82, 2.24) is 19.8 Å². The third kappa shape index (κ3) is 4.09. The summed E-state index contributed by atoms with van der Waals surface area (Å²) in [5.74, 6) is 0.306. The number of carbonyl (C=O) groups excluding carboxylic acids is 2. The number of anilines is 1. The third-order valence-electron chi connectivity index (χ3n) is 3.61. The lowest BCUT2D eigenvalue weighted by Gasteiger charge is -2.13. The summed E-state index contributed by atoms with van der Waals surface area (Å²) in [7, 11) is 3.41. The van der Waals surface area contributed by atoms with Crippen molar-refractivity contribution in [3.63, 3.8) is 0 Å². The van der Waals surface area contributed by atoms with Gasteiger partial charge in [0, 0.05) is 37.5 Å². The first-order valence-corrected chi connectivity index (χ1v) is 7.44. The second-order valence-electron chi connectivity index (χ2n) is 5.61. The van der Waals surface area contributed by atoms with Crippen LogP contribution in [-0.4, -0.2) is 45.2 Å². The monoisotopic (exact) mass is 331 g/mol. The standard InChI is InChI=1S/C16H21N5O3/c1-10-8-14(19-24-10)17-15(22)9-20(4)16(23)7-6-13-11(2)18-21(5)12(13)3/h6-8H,9H2,1-5H3,(H,17,19,22)/b7-6+. The number of nitrogens with zero attached hydrogens (tertiary/aromatic N) is 4. The van der Waals surface area contributed by atoms with Crippen molar-refractivity contribution in [3.05, 3.63) is 34.9 Å². The molecule has 2 aromatic heterocycles. The Hall–Kier alpha value is -2.90. The Morgan fingerprint density at radius 2 is 2.08 bits per heavy atom. The van der Waals surface area contributed by atoms with Gasteiger partial charge in [-0.25, -0.2) is 0 Å². The van der Waals surface area contributed by atoms with Gasteiger partial charge in [-0.15, -0.1) is 0 Å². The van der Waals surface area contributed by atoms with Crippen LogP contribution in [0.5, 0.6) is 0 Å². The van der Waals surface area contributed by atoms with E-state index >= 15 is 0 Å². The molecule has 0 aliphatic rings. The highest BCUT2D eigenvalue weighted by Gasteiger charge is 2.13. The Morgan fingerprint density at radius 3 is 2.62 bits per heavy atom. The van der Waals surface area contributed by atoms with Gasteiger partial charge in [-0.05, 0) is 26.8 Å². The predicted molar refractivity (Wildman–Crippen MR) is 89.2 cm³/mol. The molecule has 2 amide bonds. The maximum atomic E-state index is 12.1. The lowest BCUT2D eigenvalue weighted by atomic mass is 10.2. The number of aryl methyl sites for hydroxylation is 3. The molecule has 0 bridgehead atoms. The Morgan fingerprint density at radius 1 is 1.38 bits per heavy atom. The summed E-state index contributed by atoms with van der Waals surface area (Å²) in [6.45, 7) is 5.46. The van der Waals surface area contributed by atoms with Crippen LogP contribution >= 0.6 is 0 Å². The zero-order valence-corrected chi connectivity index (χ0v) is 14.5. The van der Waals surface area contributed by atoms with Gasteiger partial charge in [0.05, 0.1) is 12.2 Å². The third-order valence-corrected chi connectivity index (χ3v) is 3.61. The smallest absolute Gasteiger partial charge is 0.246 e. The van der Waals surface area contributed by atoms with E-state index in [1.807, 2.05) is 20.9 Å². The molecule has 0 fully saturated rings. The van der Waals surface area contributed by atoms with Crippen molar-refractivity contribution in [2.75, 3.05) is 18.9 Å². The van der Waals surface area contributed by atoms with Gasteiger partial charge in [0.15, 0.2) is 5.82 Å². The molecule has 2 heterocycles. The molecule has 0 atom stereocenters. The molecule has 0 unspecified atom stereocenters. The molecule has 0 aliphatic carbocycles. The minimum atomic E-state index is -0.346. The van der Waals surface area contributed by atoms with E-state index in [0.717, 1.165) is 17.0 Å². The molecule has 0 aromatic carbocycles. The number of carbonyl (C=O) groups is 2. The van der Waals surface area contributed by atoms with Crippen LogP contribution in [0, 0.1) is 20.8 Å². The van der Waals surface area contributed by atoms with Gasteiger partial charge in [-0.2, -0.15) is 5.10 Å². The zero-order valence-electron chi connectivity index (χ0n) is 14.5. The molecule has 0 radical (unpaired) electrons. The van der Waals surface area contributed by atoms with Crippen LogP contribution in [0.15, 0.2) is 16.7 Å². The van der Waals surface area contributed by atoms with Crippen LogP contribution in [0.4, 0.5) is 5.82 Å². The van der Waals surface area contributed by atoms with Crippen LogP contribution in [-0.2, 0) is 16.6 Å². The average Bonchev–Trinajstić information content (AvgIpc) is 3.01. The maximum absolute atomic E-state index is 12.1. The largest absolute Gasteiger partial charge is 0.360 e. The molecular weight excluding hydrogens is 310 g/mol. The number of amides is 2. The van der Waals surface area contributed by atoms with Crippen molar-refractivity contribution in [2.24, 2.45) is 7.05 Å². The minimum Gasteiger partial charge on any atom is -0.360 e. The number of rotatable bonds is 5. The first-order chi connectivity index (χ1) is 11.3. The topological polar surface area (TPSA) is 93.3 Å². The second kappa shape index (κ2) is 7.12. The summed E-state index contributed by atoms with van der Waals surface area (Å²) >= 11 is 0. The van der Waals surface area contributed by atoms with Gasteiger partial charge in [0.25, 0.3) is 0 Å². The van der Waals surface area contributed by atoms with Crippen molar-refractivity contribution < 1.29 is 14.1 Å². The predicted octanol–water partition coefficient (Wildman–Crippen LogP) is 1.44. The average molecular weight is 331 g/mol. The van der Waals surface area contributed by atoms with E-state index in [9.17, 15) is 9.59 Å². The quantitative estimate of drug-likeness (QED) is 0.837. The number of nitrogens with one attached hydrogen (secondary N) is 1.